The zero-order valence-electron chi connectivity index (χ0n) is 24.9. The molecule has 3 aromatic rings. The average Bonchev–Trinajstić information content (AvgIpc) is 2.88. The van der Waals surface area contributed by atoms with E-state index in [4.69, 9.17) is 32.7 Å². The molecule has 0 unspecified atom stereocenters. The van der Waals surface area contributed by atoms with Crippen molar-refractivity contribution in [1.29, 1.82) is 0 Å². The van der Waals surface area contributed by atoms with E-state index in [0.29, 0.717) is 46.9 Å². The molecule has 0 fully saturated rings. The van der Waals surface area contributed by atoms with Gasteiger partial charge in [0, 0.05) is 6.42 Å². The molecule has 2 N–H and O–H groups in total. The number of nitrogens with one attached hydrogen (secondary N) is 1. The Kier molecular flexibility index (Phi) is 10.7. The number of phenolic OH excluding ortho intramolecular Hbond substituents is 1. The number of carbonyl (C=O) groups excluding carboxylic acids is 1. The molecular weight excluding hydrogens is 559 g/mol. The molecule has 1 amide bonds. The van der Waals surface area contributed by atoms with Gasteiger partial charge in [0.2, 0.25) is 5.91 Å². The highest BCUT2D eigenvalue weighted by atomic mass is 35.5. The molecule has 0 radical (unpaired) electrons. The van der Waals surface area contributed by atoms with E-state index in [1.165, 1.54) is 0 Å². The Bertz CT molecular complexity index is 1370. The lowest BCUT2D eigenvalue weighted by Crippen LogP contribution is -2.20. The van der Waals surface area contributed by atoms with Crippen LogP contribution >= 0.6 is 23.2 Å². The highest BCUT2D eigenvalue weighted by molar-refractivity contribution is 6.42. The molecule has 6 nitrogen and oxygen atoms in total. The van der Waals surface area contributed by atoms with Crippen molar-refractivity contribution in [2.24, 2.45) is 5.10 Å². The summed E-state index contributed by atoms with van der Waals surface area (Å²) in [5, 5.41) is 16.0. The Labute approximate surface area is 253 Å². The first-order valence-corrected chi connectivity index (χ1v) is 14.5. The minimum atomic E-state index is -0.225. The maximum absolute atomic E-state index is 12.6. The molecule has 0 aliphatic rings. The van der Waals surface area contributed by atoms with Gasteiger partial charge >= 0.3 is 0 Å². The number of hydrogen-bond donors (Lipinski definition) is 2. The van der Waals surface area contributed by atoms with Gasteiger partial charge in [-0.3, -0.25) is 4.79 Å². The van der Waals surface area contributed by atoms with Crippen LogP contribution < -0.4 is 14.9 Å². The summed E-state index contributed by atoms with van der Waals surface area (Å²) in [6, 6.07) is 14.8. The van der Waals surface area contributed by atoms with Crippen molar-refractivity contribution in [3.63, 3.8) is 0 Å². The highest BCUT2D eigenvalue weighted by Crippen LogP contribution is 2.40. The van der Waals surface area contributed by atoms with E-state index in [0.717, 1.165) is 27.8 Å². The van der Waals surface area contributed by atoms with Crippen molar-refractivity contribution in [1.82, 2.24) is 5.43 Å². The summed E-state index contributed by atoms with van der Waals surface area (Å²) in [6.45, 7) is 15.1. The Morgan fingerprint density at radius 1 is 0.878 bits per heavy atom. The zero-order valence-corrected chi connectivity index (χ0v) is 26.4. The Morgan fingerprint density at radius 2 is 1.54 bits per heavy atom. The van der Waals surface area contributed by atoms with Crippen LogP contribution in [0.1, 0.15) is 82.7 Å². The normalized spacial score (nSPS) is 12.0. The van der Waals surface area contributed by atoms with E-state index in [1.54, 1.807) is 24.4 Å². The van der Waals surface area contributed by atoms with Crippen molar-refractivity contribution in [3.05, 3.63) is 86.4 Å². The quantitative estimate of drug-likeness (QED) is 0.181. The molecule has 3 rings (SSSR count). The lowest BCUT2D eigenvalue weighted by atomic mass is 9.78. The predicted molar refractivity (Wildman–Crippen MR) is 168 cm³/mol. The Morgan fingerprint density at radius 3 is 2.12 bits per heavy atom. The lowest BCUT2D eigenvalue weighted by molar-refractivity contribution is -0.121. The number of hydrazone groups is 1. The molecule has 0 saturated carbocycles. The number of phenols is 1. The smallest absolute Gasteiger partial charge is 0.240 e. The van der Waals surface area contributed by atoms with Crippen LogP contribution in [0, 0.1) is 0 Å². The number of ether oxygens (including phenoxy) is 2. The van der Waals surface area contributed by atoms with Crippen molar-refractivity contribution in [2.75, 3.05) is 6.61 Å². The fourth-order valence-electron chi connectivity index (χ4n) is 4.26. The summed E-state index contributed by atoms with van der Waals surface area (Å²) in [4.78, 5) is 12.6. The molecule has 8 heteroatoms. The van der Waals surface area contributed by atoms with Crippen LogP contribution in [-0.2, 0) is 28.7 Å². The van der Waals surface area contributed by atoms with Gasteiger partial charge in [-0.15, -0.1) is 0 Å². The number of hydrogen-bond acceptors (Lipinski definition) is 5. The maximum atomic E-state index is 12.6. The predicted octanol–water partition coefficient (Wildman–Crippen LogP) is 8.35. The first kappa shape index (κ1) is 32.3. The molecule has 0 aliphatic heterocycles. The van der Waals surface area contributed by atoms with Crippen molar-refractivity contribution in [2.45, 2.75) is 78.7 Å². The van der Waals surface area contributed by atoms with E-state index in [9.17, 15) is 9.90 Å². The van der Waals surface area contributed by atoms with Crippen molar-refractivity contribution in [3.8, 4) is 17.2 Å². The molecular formula is C33H40Cl2N2O4. The molecule has 0 bridgehead atoms. The third-order valence-electron chi connectivity index (χ3n) is 6.48. The second kappa shape index (κ2) is 13.6. The van der Waals surface area contributed by atoms with Crippen LogP contribution in [-0.4, -0.2) is 23.8 Å². The van der Waals surface area contributed by atoms with Crippen LogP contribution in [0.25, 0.3) is 0 Å². The number of carbonyl (C=O) groups is 1. The van der Waals surface area contributed by atoms with E-state index < -0.39 is 0 Å². The molecule has 220 valence electrons. The van der Waals surface area contributed by atoms with E-state index in [1.807, 2.05) is 37.3 Å². The molecule has 0 heterocycles. The fourth-order valence-corrected chi connectivity index (χ4v) is 4.58. The molecule has 3 aromatic carbocycles. The zero-order chi connectivity index (χ0) is 30.4. The third-order valence-corrected chi connectivity index (χ3v) is 7.21. The van der Waals surface area contributed by atoms with Crippen LogP contribution in [0.5, 0.6) is 17.2 Å². The SMILES string of the molecule is CCOc1cc(/C=N\NC(=O)CCc2cc(C(C)(C)C)c(O)c(C(C)(C)C)c2)ccc1OCc1ccc(Cl)c(Cl)c1. The summed E-state index contributed by atoms with van der Waals surface area (Å²) in [5.41, 5.74) is 6.56. The number of rotatable bonds is 10. The highest BCUT2D eigenvalue weighted by Gasteiger charge is 2.26. The van der Waals surface area contributed by atoms with Gasteiger partial charge in [0.25, 0.3) is 0 Å². The number of aromatic hydroxyl groups is 1. The van der Waals surface area contributed by atoms with Crippen LogP contribution in [0.15, 0.2) is 53.6 Å². The standard InChI is InChI=1S/C33H40Cl2N2O4/c1-8-40-29-18-22(10-13-28(29)41-20-23-9-12-26(34)27(35)17-23)19-36-37-30(38)14-11-21-15-24(32(2,3)4)31(39)25(16-21)33(5,6)7/h9-10,12-13,15-19,39H,8,11,14,20H2,1-7H3,(H,37,38)/b36-19-. The van der Waals surface area contributed by atoms with Crippen molar-refractivity contribution >= 4 is 35.3 Å². The van der Waals surface area contributed by atoms with E-state index in [2.05, 4.69) is 52.1 Å². The molecule has 0 spiro atoms. The third kappa shape index (κ3) is 9.14. The second-order valence-corrected chi connectivity index (χ2v) is 12.8. The number of aryl methyl sites for hydroxylation is 1. The summed E-state index contributed by atoms with van der Waals surface area (Å²) in [5.74, 6) is 1.28. The average molecular weight is 600 g/mol. The number of nitrogens with zero attached hydrogens (tertiary/aromatic N) is 1. The molecule has 0 aliphatic carbocycles. The Hall–Kier alpha value is -3.22. The summed E-state index contributed by atoms with van der Waals surface area (Å²) in [6.07, 6.45) is 2.37. The summed E-state index contributed by atoms with van der Waals surface area (Å²) in [7, 11) is 0. The lowest BCUT2D eigenvalue weighted by Gasteiger charge is -2.28. The minimum Gasteiger partial charge on any atom is -0.507 e. The van der Waals surface area contributed by atoms with Gasteiger partial charge in [0.05, 0.1) is 22.9 Å². The van der Waals surface area contributed by atoms with Crippen LogP contribution in [0.2, 0.25) is 10.0 Å². The van der Waals surface area contributed by atoms with Gasteiger partial charge in [-0.25, -0.2) is 5.43 Å². The second-order valence-electron chi connectivity index (χ2n) is 12.0. The number of halogens is 2. The largest absolute Gasteiger partial charge is 0.507 e. The number of amides is 1. The molecule has 0 atom stereocenters. The van der Waals surface area contributed by atoms with Gasteiger partial charge in [-0.2, -0.15) is 5.10 Å². The van der Waals surface area contributed by atoms with Crippen LogP contribution in [0.4, 0.5) is 0 Å². The van der Waals surface area contributed by atoms with Gasteiger partial charge in [0.15, 0.2) is 11.5 Å². The fraction of sp³-hybridized carbons (Fsp3) is 0.394. The first-order valence-electron chi connectivity index (χ1n) is 13.7. The molecule has 0 aromatic heterocycles. The van der Waals surface area contributed by atoms with Gasteiger partial charge in [-0.1, -0.05) is 82.9 Å². The van der Waals surface area contributed by atoms with Crippen molar-refractivity contribution < 1.29 is 19.4 Å². The van der Waals surface area contributed by atoms with Gasteiger partial charge in [-0.05, 0) is 82.3 Å². The van der Waals surface area contributed by atoms with Crippen LogP contribution in [0.3, 0.4) is 0 Å². The summed E-state index contributed by atoms with van der Waals surface area (Å²) >= 11 is 12.1. The minimum absolute atomic E-state index is 0.199. The Balaban J connectivity index is 1.64. The van der Waals surface area contributed by atoms with Gasteiger partial charge in [0.1, 0.15) is 12.4 Å². The maximum Gasteiger partial charge on any atom is 0.240 e. The summed E-state index contributed by atoms with van der Waals surface area (Å²) < 4.78 is 11.7. The first-order chi connectivity index (χ1) is 19.2. The topological polar surface area (TPSA) is 80.2 Å². The molecule has 41 heavy (non-hydrogen) atoms. The monoisotopic (exact) mass is 598 g/mol. The van der Waals surface area contributed by atoms with E-state index in [-0.39, 0.29) is 23.2 Å². The van der Waals surface area contributed by atoms with Gasteiger partial charge < -0.3 is 14.6 Å². The van der Waals surface area contributed by atoms with E-state index >= 15 is 0 Å². The molecule has 0 saturated heterocycles. The number of benzene rings is 3.